The quantitative estimate of drug-likeness (QED) is 0.273. The SMILES string of the molecule is COc1nnc(O[C@@H]2C[C@H]3C(=O)C[C@]4(C(=O)NS(=O)(=O)C5(C)CC5)C[C@H]4/C=C\CC[C@@H](C)C[C@@H](C)[C@H](CC(=O)OC(C)(C)C)C(=O)N3C2)c2ccccc12. The third-order valence-corrected chi connectivity index (χ3v) is 13.9. The minimum atomic E-state index is -3.95. The van der Waals surface area contributed by atoms with Gasteiger partial charge in [-0.15, -0.1) is 10.2 Å². The van der Waals surface area contributed by atoms with E-state index in [0.717, 1.165) is 6.42 Å². The van der Waals surface area contributed by atoms with Crippen LogP contribution >= 0.6 is 0 Å². The molecule has 2 aliphatic heterocycles. The van der Waals surface area contributed by atoms with Crippen molar-refractivity contribution in [1.29, 1.82) is 0 Å². The average molecular weight is 767 g/mol. The van der Waals surface area contributed by atoms with Crippen LogP contribution in [0.5, 0.6) is 11.8 Å². The summed E-state index contributed by atoms with van der Waals surface area (Å²) in [6, 6.07) is 6.34. The maximum absolute atomic E-state index is 14.8. The topological polar surface area (TPSA) is 171 Å². The Kier molecular flexibility index (Phi) is 10.9. The lowest BCUT2D eigenvalue weighted by Crippen LogP contribution is -2.48. The minimum Gasteiger partial charge on any atom is -0.479 e. The Morgan fingerprint density at radius 2 is 1.70 bits per heavy atom. The van der Waals surface area contributed by atoms with E-state index in [1.807, 2.05) is 43.3 Å². The second kappa shape index (κ2) is 14.9. The van der Waals surface area contributed by atoms with Crippen LogP contribution in [0.1, 0.15) is 99.3 Å². The minimum absolute atomic E-state index is 0.0274. The van der Waals surface area contributed by atoms with E-state index in [1.165, 1.54) is 12.0 Å². The first-order valence-electron chi connectivity index (χ1n) is 19.1. The van der Waals surface area contributed by atoms with Gasteiger partial charge in [-0.25, -0.2) is 8.42 Å². The first-order valence-corrected chi connectivity index (χ1v) is 20.6. The van der Waals surface area contributed by atoms with Gasteiger partial charge in [-0.1, -0.05) is 38.1 Å². The van der Waals surface area contributed by atoms with Gasteiger partial charge < -0.3 is 19.1 Å². The highest BCUT2D eigenvalue weighted by Gasteiger charge is 2.62. The molecule has 3 heterocycles. The first-order chi connectivity index (χ1) is 25.4. The molecule has 0 spiro atoms. The summed E-state index contributed by atoms with van der Waals surface area (Å²) in [5.41, 5.74) is -2.03. The van der Waals surface area contributed by atoms with Gasteiger partial charge in [0.05, 0.1) is 53.0 Å². The van der Waals surface area contributed by atoms with Crippen molar-refractivity contribution >= 4 is 44.4 Å². The molecule has 4 aliphatic rings. The number of hydrogen-bond donors (Lipinski definition) is 1. The number of methoxy groups -OCH3 is 1. The molecular formula is C40H54N4O9S. The van der Waals surface area contributed by atoms with Gasteiger partial charge in [0.25, 0.3) is 0 Å². The van der Waals surface area contributed by atoms with Crippen molar-refractivity contribution in [3.05, 3.63) is 36.4 Å². The summed E-state index contributed by atoms with van der Waals surface area (Å²) < 4.78 is 45.3. The van der Waals surface area contributed by atoms with Crippen molar-refractivity contribution in [2.75, 3.05) is 13.7 Å². The summed E-state index contributed by atoms with van der Waals surface area (Å²) in [7, 11) is -2.45. The number of hydrogen-bond acceptors (Lipinski definition) is 11. The lowest BCUT2D eigenvalue weighted by Gasteiger charge is -2.32. The van der Waals surface area contributed by atoms with E-state index in [0.29, 0.717) is 48.8 Å². The monoisotopic (exact) mass is 766 g/mol. The second-order valence-corrected chi connectivity index (χ2v) is 19.5. The Hall–Kier alpha value is -4.07. The number of Topliss-reactive ketones (excluding diaryl/α,β-unsaturated/α-hetero) is 1. The zero-order valence-corrected chi connectivity index (χ0v) is 33.2. The maximum Gasteiger partial charge on any atom is 0.307 e. The van der Waals surface area contributed by atoms with Crippen molar-refractivity contribution < 1.29 is 41.8 Å². The fourth-order valence-corrected chi connectivity index (χ4v) is 9.43. The second-order valence-electron chi connectivity index (χ2n) is 17.3. The van der Waals surface area contributed by atoms with E-state index < -0.39 is 55.7 Å². The maximum atomic E-state index is 14.8. The molecule has 6 rings (SSSR count). The molecule has 0 radical (unpaired) electrons. The Labute approximate surface area is 318 Å². The van der Waals surface area contributed by atoms with Gasteiger partial charge in [-0.05, 0) is 96.1 Å². The fraction of sp³-hybridized carbons (Fsp3) is 0.650. The summed E-state index contributed by atoms with van der Waals surface area (Å²) in [6.45, 7) is 11.0. The van der Waals surface area contributed by atoms with Crippen LogP contribution in [-0.2, 0) is 33.9 Å². The highest BCUT2D eigenvalue weighted by Crippen LogP contribution is 2.57. The molecule has 14 heteroatoms. The molecule has 2 amide bonds. The molecule has 2 saturated carbocycles. The zero-order chi connectivity index (χ0) is 39.2. The van der Waals surface area contributed by atoms with Crippen LogP contribution in [0.25, 0.3) is 10.8 Å². The number of benzene rings is 1. The number of ketones is 1. The highest BCUT2D eigenvalue weighted by atomic mass is 32.2. The van der Waals surface area contributed by atoms with E-state index in [9.17, 15) is 27.6 Å². The Morgan fingerprint density at radius 3 is 2.35 bits per heavy atom. The Bertz CT molecular complexity index is 1940. The standard InChI is InChI=1S/C40H54N4O9S/c1-24-12-8-9-13-26-21-40(26,37(48)43-54(49,50)39(6)16-17-39)22-32(45)31-19-27(52-35-29-15-11-10-14-28(29)34(51-7)41-42-35)23-44(31)36(47)30(25(2)18-24)20-33(46)53-38(3,4)5/h9-11,13-15,24-27,30-31H,8,12,16-23H2,1-7H3,(H,43,48)/b13-9-/t24-,25-,26-,27-,30+,31+,40-/m1/s1. The molecule has 0 unspecified atom stereocenters. The third-order valence-electron chi connectivity index (χ3n) is 11.7. The molecular weight excluding hydrogens is 713 g/mol. The van der Waals surface area contributed by atoms with Crippen molar-refractivity contribution in [3.8, 4) is 11.8 Å². The summed E-state index contributed by atoms with van der Waals surface area (Å²) in [6.07, 6.45) is 6.38. The predicted molar refractivity (Wildman–Crippen MR) is 201 cm³/mol. The molecule has 3 fully saturated rings. The number of nitrogens with one attached hydrogen (secondary N) is 1. The van der Waals surface area contributed by atoms with Gasteiger partial charge in [0.15, 0.2) is 5.78 Å². The lowest BCUT2D eigenvalue weighted by atomic mass is 9.82. The van der Waals surface area contributed by atoms with E-state index in [-0.39, 0.29) is 61.1 Å². The van der Waals surface area contributed by atoms with E-state index >= 15 is 0 Å². The number of amides is 2. The number of carbonyl (C=O) groups is 4. The van der Waals surface area contributed by atoms with Crippen molar-refractivity contribution in [2.45, 2.75) is 122 Å². The molecule has 7 atom stereocenters. The van der Waals surface area contributed by atoms with Crippen LogP contribution in [0.4, 0.5) is 0 Å². The number of ether oxygens (including phenoxy) is 3. The summed E-state index contributed by atoms with van der Waals surface area (Å²) in [4.78, 5) is 58.2. The average Bonchev–Trinajstić information content (AvgIpc) is 3.98. The third kappa shape index (κ3) is 8.28. The van der Waals surface area contributed by atoms with E-state index in [2.05, 4.69) is 21.8 Å². The lowest BCUT2D eigenvalue weighted by molar-refractivity contribution is -0.160. The summed E-state index contributed by atoms with van der Waals surface area (Å²) >= 11 is 0. The summed E-state index contributed by atoms with van der Waals surface area (Å²) in [5.74, 6) is -2.51. The largest absolute Gasteiger partial charge is 0.479 e. The van der Waals surface area contributed by atoms with Crippen LogP contribution in [-0.4, -0.2) is 83.2 Å². The number of fused-ring (bicyclic) bond motifs is 3. The van der Waals surface area contributed by atoms with Gasteiger partial charge >= 0.3 is 5.97 Å². The van der Waals surface area contributed by atoms with Gasteiger partial charge in [-0.2, -0.15) is 0 Å². The number of sulfonamides is 1. The molecule has 1 saturated heterocycles. The molecule has 0 bridgehead atoms. The number of nitrogens with zero attached hydrogens (tertiary/aromatic N) is 3. The van der Waals surface area contributed by atoms with Crippen molar-refractivity contribution in [3.63, 3.8) is 0 Å². The molecule has 2 aromatic rings. The first kappa shape index (κ1) is 39.6. The van der Waals surface area contributed by atoms with Crippen LogP contribution in [0.3, 0.4) is 0 Å². The molecule has 1 aromatic carbocycles. The number of aromatic nitrogens is 2. The molecule has 13 nitrogen and oxygen atoms in total. The van der Waals surface area contributed by atoms with Gasteiger partial charge in [-0.3, -0.25) is 23.9 Å². The number of esters is 1. The van der Waals surface area contributed by atoms with Crippen molar-refractivity contribution in [2.24, 2.45) is 29.1 Å². The van der Waals surface area contributed by atoms with Gasteiger partial charge in [0.1, 0.15) is 11.7 Å². The predicted octanol–water partition coefficient (Wildman–Crippen LogP) is 5.31. The number of rotatable bonds is 8. The van der Waals surface area contributed by atoms with Crippen molar-refractivity contribution in [1.82, 2.24) is 19.8 Å². The van der Waals surface area contributed by atoms with E-state index in [4.69, 9.17) is 14.2 Å². The highest BCUT2D eigenvalue weighted by molar-refractivity contribution is 7.91. The summed E-state index contributed by atoms with van der Waals surface area (Å²) in [5, 5.41) is 9.78. The van der Waals surface area contributed by atoms with Crippen LogP contribution in [0, 0.1) is 29.1 Å². The Morgan fingerprint density at radius 1 is 1.04 bits per heavy atom. The van der Waals surface area contributed by atoms with Crippen LogP contribution < -0.4 is 14.2 Å². The van der Waals surface area contributed by atoms with Crippen LogP contribution in [0.15, 0.2) is 36.4 Å². The smallest absolute Gasteiger partial charge is 0.307 e. The number of carbonyl (C=O) groups excluding carboxylic acids is 4. The Balaban J connectivity index is 1.35. The molecule has 294 valence electrons. The normalized spacial score (nSPS) is 30.6. The fourth-order valence-electron chi connectivity index (χ4n) is 8.10. The van der Waals surface area contributed by atoms with E-state index in [1.54, 1.807) is 27.7 Å². The van der Waals surface area contributed by atoms with Crippen LogP contribution in [0.2, 0.25) is 0 Å². The number of allylic oxidation sites excluding steroid dienone is 2. The molecule has 1 N–H and O–H groups in total. The molecule has 1 aromatic heterocycles. The van der Waals surface area contributed by atoms with Gasteiger partial charge in [0, 0.05) is 12.8 Å². The zero-order valence-electron chi connectivity index (χ0n) is 32.4. The molecule has 54 heavy (non-hydrogen) atoms. The van der Waals surface area contributed by atoms with Gasteiger partial charge in [0.2, 0.25) is 33.6 Å². The molecule has 2 aliphatic carbocycles.